The van der Waals surface area contributed by atoms with Crippen molar-refractivity contribution in [3.05, 3.63) is 12.3 Å². The van der Waals surface area contributed by atoms with Crippen LogP contribution >= 0.6 is 0 Å². The maximum Gasteiger partial charge on any atom is 0.154 e. The molecule has 0 amide bonds. The van der Waals surface area contributed by atoms with Crippen LogP contribution in [0.4, 0.5) is 0 Å². The zero-order valence-corrected chi connectivity index (χ0v) is 8.68. The summed E-state index contributed by atoms with van der Waals surface area (Å²) < 4.78 is 0. The van der Waals surface area contributed by atoms with Gasteiger partial charge in [0, 0.05) is 12.1 Å². The van der Waals surface area contributed by atoms with Crippen LogP contribution in [-0.2, 0) is 0 Å². The number of amidine groups is 2. The zero-order chi connectivity index (χ0) is 10.1. The second-order valence-corrected chi connectivity index (χ2v) is 3.80. The molecular weight excluding hydrogens is 176 g/mol. The van der Waals surface area contributed by atoms with Crippen molar-refractivity contribution >= 4 is 17.9 Å². The van der Waals surface area contributed by atoms with Crippen molar-refractivity contribution in [3.63, 3.8) is 0 Å². The molecule has 0 aromatic carbocycles. The first-order chi connectivity index (χ1) is 6.68. The fourth-order valence-corrected chi connectivity index (χ4v) is 1.47. The van der Waals surface area contributed by atoms with E-state index in [-0.39, 0.29) is 6.04 Å². The first-order valence-electron chi connectivity index (χ1n) is 4.85. The van der Waals surface area contributed by atoms with E-state index in [1.54, 1.807) is 6.21 Å². The lowest BCUT2D eigenvalue weighted by molar-refractivity contribution is 0.681. The maximum absolute atomic E-state index is 4.46. The van der Waals surface area contributed by atoms with Crippen LogP contribution in [0.3, 0.4) is 0 Å². The van der Waals surface area contributed by atoms with Gasteiger partial charge in [0.15, 0.2) is 5.84 Å². The highest BCUT2D eigenvalue weighted by molar-refractivity contribution is 6.34. The highest BCUT2D eigenvalue weighted by Crippen LogP contribution is 2.14. The maximum atomic E-state index is 4.46. The normalized spacial score (nSPS) is 24.9. The van der Waals surface area contributed by atoms with E-state index in [4.69, 9.17) is 0 Å². The van der Waals surface area contributed by atoms with Crippen LogP contribution in [0, 0.1) is 5.92 Å². The number of hydrogen-bond acceptors (Lipinski definition) is 4. The molecule has 14 heavy (non-hydrogen) atoms. The van der Waals surface area contributed by atoms with Gasteiger partial charge in [-0.25, -0.2) is 0 Å². The number of aliphatic imine (C=N–C) groups is 1. The highest BCUT2D eigenvalue weighted by Gasteiger charge is 2.22. The van der Waals surface area contributed by atoms with E-state index >= 15 is 0 Å². The summed E-state index contributed by atoms with van der Waals surface area (Å²) in [5.41, 5.74) is 0. The Bertz CT molecular complexity index is 349. The van der Waals surface area contributed by atoms with Crippen molar-refractivity contribution in [2.24, 2.45) is 21.1 Å². The molecular formula is C10H14N4. The SMILES string of the molecule is CC1C=CN2C(=N1)C=NN=C2C(C)C. The minimum absolute atomic E-state index is 0.235. The largest absolute Gasteiger partial charge is 0.287 e. The van der Waals surface area contributed by atoms with Crippen LogP contribution in [-0.4, -0.2) is 28.8 Å². The second-order valence-electron chi connectivity index (χ2n) is 3.80. The topological polar surface area (TPSA) is 40.3 Å². The van der Waals surface area contributed by atoms with Gasteiger partial charge in [0.25, 0.3) is 0 Å². The van der Waals surface area contributed by atoms with E-state index in [0.29, 0.717) is 5.92 Å². The Balaban J connectivity index is 2.33. The number of hydrogen-bond donors (Lipinski definition) is 0. The Labute approximate surface area is 83.7 Å². The van der Waals surface area contributed by atoms with E-state index < -0.39 is 0 Å². The molecule has 1 atom stereocenters. The monoisotopic (exact) mass is 190 g/mol. The molecule has 0 saturated carbocycles. The van der Waals surface area contributed by atoms with E-state index in [9.17, 15) is 0 Å². The summed E-state index contributed by atoms with van der Waals surface area (Å²) in [5, 5.41) is 8.07. The van der Waals surface area contributed by atoms with Crippen molar-refractivity contribution < 1.29 is 0 Å². The zero-order valence-electron chi connectivity index (χ0n) is 8.68. The van der Waals surface area contributed by atoms with E-state index in [1.807, 2.05) is 11.1 Å². The third kappa shape index (κ3) is 1.47. The van der Waals surface area contributed by atoms with Crippen LogP contribution in [0.2, 0.25) is 0 Å². The summed E-state index contributed by atoms with van der Waals surface area (Å²) in [5.74, 6) is 2.20. The van der Waals surface area contributed by atoms with Crippen LogP contribution in [0.25, 0.3) is 0 Å². The molecule has 0 spiro atoms. The molecule has 0 aliphatic carbocycles. The molecule has 0 aromatic heterocycles. The molecule has 1 unspecified atom stereocenters. The summed E-state index contributed by atoms with van der Waals surface area (Å²) in [7, 11) is 0. The number of rotatable bonds is 1. The smallest absolute Gasteiger partial charge is 0.154 e. The van der Waals surface area contributed by atoms with E-state index in [0.717, 1.165) is 11.7 Å². The van der Waals surface area contributed by atoms with Crippen molar-refractivity contribution in [3.8, 4) is 0 Å². The van der Waals surface area contributed by atoms with Gasteiger partial charge in [-0.05, 0) is 13.0 Å². The predicted octanol–water partition coefficient (Wildman–Crippen LogP) is 1.66. The summed E-state index contributed by atoms with van der Waals surface area (Å²) in [6.07, 6.45) is 5.78. The highest BCUT2D eigenvalue weighted by atomic mass is 15.4. The Morgan fingerprint density at radius 2 is 2.21 bits per heavy atom. The molecule has 0 N–H and O–H groups in total. The Morgan fingerprint density at radius 1 is 1.43 bits per heavy atom. The lowest BCUT2D eigenvalue weighted by Gasteiger charge is -2.28. The molecule has 2 rings (SSSR count). The molecule has 2 heterocycles. The lowest BCUT2D eigenvalue weighted by atomic mass is 10.1. The number of fused-ring (bicyclic) bond motifs is 1. The predicted molar refractivity (Wildman–Crippen MR) is 58.6 cm³/mol. The minimum Gasteiger partial charge on any atom is -0.287 e. The average molecular weight is 190 g/mol. The third-order valence-corrected chi connectivity index (χ3v) is 2.19. The molecule has 0 saturated heterocycles. The van der Waals surface area contributed by atoms with Gasteiger partial charge in [0.05, 0.1) is 12.3 Å². The molecule has 74 valence electrons. The van der Waals surface area contributed by atoms with Gasteiger partial charge in [-0.3, -0.25) is 9.89 Å². The van der Waals surface area contributed by atoms with Crippen molar-refractivity contribution in [2.45, 2.75) is 26.8 Å². The average Bonchev–Trinajstić information content (AvgIpc) is 2.16. The molecule has 0 radical (unpaired) electrons. The van der Waals surface area contributed by atoms with Gasteiger partial charge >= 0.3 is 0 Å². The van der Waals surface area contributed by atoms with E-state index in [2.05, 4.69) is 42.0 Å². The molecule has 4 nitrogen and oxygen atoms in total. The third-order valence-electron chi connectivity index (χ3n) is 2.19. The summed E-state index contributed by atoms with van der Waals surface area (Å²) in [4.78, 5) is 6.46. The summed E-state index contributed by atoms with van der Waals surface area (Å²) in [6.45, 7) is 6.25. The standard InChI is InChI=1S/C10H14N4/c1-7(2)10-13-11-6-9-12-8(3)4-5-14(9)10/h4-8H,1-3H3. The number of nitrogens with zero attached hydrogens (tertiary/aromatic N) is 4. The lowest BCUT2D eigenvalue weighted by Crippen LogP contribution is -2.40. The molecule has 4 heteroatoms. The van der Waals surface area contributed by atoms with Crippen LogP contribution in [0.5, 0.6) is 0 Å². The minimum atomic E-state index is 0.235. The van der Waals surface area contributed by atoms with Gasteiger partial charge in [-0.1, -0.05) is 13.8 Å². The van der Waals surface area contributed by atoms with Gasteiger partial charge in [0.1, 0.15) is 5.84 Å². The first-order valence-corrected chi connectivity index (χ1v) is 4.85. The van der Waals surface area contributed by atoms with Gasteiger partial charge < -0.3 is 0 Å². The Hall–Kier alpha value is -1.45. The van der Waals surface area contributed by atoms with Gasteiger partial charge in [-0.15, -0.1) is 5.10 Å². The Kier molecular flexibility index (Phi) is 2.19. The van der Waals surface area contributed by atoms with Crippen LogP contribution in [0.1, 0.15) is 20.8 Å². The van der Waals surface area contributed by atoms with E-state index in [1.165, 1.54) is 0 Å². The fraction of sp³-hybridized carbons (Fsp3) is 0.500. The second kappa shape index (κ2) is 3.36. The quantitative estimate of drug-likeness (QED) is 0.619. The van der Waals surface area contributed by atoms with Gasteiger partial charge in [-0.2, -0.15) is 5.10 Å². The summed E-state index contributed by atoms with van der Waals surface area (Å²) in [6, 6.07) is 0.235. The summed E-state index contributed by atoms with van der Waals surface area (Å²) >= 11 is 0. The molecule has 0 bridgehead atoms. The first kappa shape index (κ1) is 9.12. The van der Waals surface area contributed by atoms with Crippen LogP contribution in [0.15, 0.2) is 27.5 Å². The fourth-order valence-electron chi connectivity index (χ4n) is 1.47. The Morgan fingerprint density at radius 3 is 2.93 bits per heavy atom. The van der Waals surface area contributed by atoms with Crippen molar-refractivity contribution in [1.29, 1.82) is 0 Å². The van der Waals surface area contributed by atoms with Gasteiger partial charge in [0.2, 0.25) is 0 Å². The molecule has 2 aliphatic heterocycles. The van der Waals surface area contributed by atoms with Crippen molar-refractivity contribution in [2.75, 3.05) is 0 Å². The molecule has 0 fully saturated rings. The van der Waals surface area contributed by atoms with Crippen LogP contribution < -0.4 is 0 Å². The molecule has 2 aliphatic rings. The van der Waals surface area contributed by atoms with Crippen molar-refractivity contribution in [1.82, 2.24) is 4.90 Å². The molecule has 0 aromatic rings.